The number of unbranched alkanes of at least 4 members (excludes halogenated alkanes) is 1. The third-order valence-electron chi connectivity index (χ3n) is 6.28. The first-order valence-corrected chi connectivity index (χ1v) is 12.7. The molecule has 2 amide bonds. The maximum absolute atomic E-state index is 13.4. The number of likely N-dealkylation sites (N-methyl/N-ethyl adjacent to an activating group) is 1. The lowest BCUT2D eigenvalue weighted by Crippen LogP contribution is -2.30. The highest BCUT2D eigenvalue weighted by Gasteiger charge is 2.18. The number of carbonyl (C=O) groups excluding carboxylic acids is 2. The fourth-order valence-corrected chi connectivity index (χ4v) is 4.02. The Bertz CT molecular complexity index is 996. The number of anilines is 1. The number of ether oxygens (including phenoxy) is 2. The number of nitrogens with one attached hydrogen (secondary N) is 2. The lowest BCUT2D eigenvalue weighted by atomic mass is 10.00. The summed E-state index contributed by atoms with van der Waals surface area (Å²) in [5, 5.41) is 6.52. The Morgan fingerprint density at radius 1 is 1.03 bits per heavy atom. The number of nitrogens with zero attached hydrogens (tertiary/aromatic N) is 1. The Labute approximate surface area is 215 Å². The topological polar surface area (TPSA) is 106 Å². The standard InChI is InChI=1S/C28H42N4O4/c1-6-8-16-32(7-2)17-15-30-23-12-9-21(11-14-27(29)33)24(19-23)28(34)31-20(3)22-10-13-25(35-4)26(18-22)36-5/h9-10,12-13,18-20,30H,6-8,11,14-17H2,1-5H3,(H2,29,33)(H,31,34). The molecule has 8 heteroatoms. The van der Waals surface area contributed by atoms with Gasteiger partial charge in [0, 0.05) is 30.8 Å². The SMILES string of the molecule is CCCCN(CC)CCNc1ccc(CCC(N)=O)c(C(=O)NC(C)c2ccc(OC)c(OC)c2)c1. The van der Waals surface area contributed by atoms with Gasteiger partial charge < -0.3 is 30.7 Å². The van der Waals surface area contributed by atoms with Crippen LogP contribution in [0, 0.1) is 0 Å². The van der Waals surface area contributed by atoms with E-state index in [2.05, 4.69) is 29.4 Å². The second-order valence-electron chi connectivity index (χ2n) is 8.86. The number of hydrogen-bond acceptors (Lipinski definition) is 6. The van der Waals surface area contributed by atoms with Crippen molar-refractivity contribution < 1.29 is 19.1 Å². The van der Waals surface area contributed by atoms with Crippen LogP contribution in [0.15, 0.2) is 36.4 Å². The number of primary amides is 1. The molecule has 0 aliphatic heterocycles. The van der Waals surface area contributed by atoms with Crippen molar-refractivity contribution in [2.45, 2.75) is 52.5 Å². The monoisotopic (exact) mass is 498 g/mol. The van der Waals surface area contributed by atoms with Crippen LogP contribution in [-0.4, -0.2) is 57.1 Å². The predicted octanol–water partition coefficient (Wildman–Crippen LogP) is 4.15. The average Bonchev–Trinajstić information content (AvgIpc) is 2.88. The second-order valence-corrected chi connectivity index (χ2v) is 8.86. The van der Waals surface area contributed by atoms with Crippen LogP contribution in [-0.2, 0) is 11.2 Å². The minimum Gasteiger partial charge on any atom is -0.493 e. The maximum Gasteiger partial charge on any atom is 0.252 e. The van der Waals surface area contributed by atoms with Crippen LogP contribution >= 0.6 is 0 Å². The van der Waals surface area contributed by atoms with Gasteiger partial charge in [-0.15, -0.1) is 0 Å². The normalized spacial score (nSPS) is 11.7. The first-order chi connectivity index (χ1) is 17.3. The summed E-state index contributed by atoms with van der Waals surface area (Å²) in [4.78, 5) is 27.2. The summed E-state index contributed by atoms with van der Waals surface area (Å²) in [6.07, 6.45) is 2.95. The highest BCUT2D eigenvalue weighted by molar-refractivity contribution is 5.97. The van der Waals surface area contributed by atoms with Crippen LogP contribution in [0.1, 0.15) is 67.6 Å². The van der Waals surface area contributed by atoms with E-state index in [0.29, 0.717) is 23.5 Å². The molecule has 0 aromatic heterocycles. The average molecular weight is 499 g/mol. The van der Waals surface area contributed by atoms with Crippen molar-refractivity contribution >= 4 is 17.5 Å². The summed E-state index contributed by atoms with van der Waals surface area (Å²) in [5.41, 5.74) is 8.45. The fraction of sp³-hybridized carbons (Fsp3) is 0.500. The quantitative estimate of drug-likeness (QED) is 0.321. The Balaban J connectivity index is 2.17. The van der Waals surface area contributed by atoms with Gasteiger partial charge in [-0.1, -0.05) is 32.4 Å². The van der Waals surface area contributed by atoms with E-state index in [1.54, 1.807) is 14.2 Å². The van der Waals surface area contributed by atoms with Crippen molar-refractivity contribution in [1.29, 1.82) is 0 Å². The summed E-state index contributed by atoms with van der Waals surface area (Å²) < 4.78 is 10.7. The van der Waals surface area contributed by atoms with Crippen LogP contribution in [0.4, 0.5) is 5.69 Å². The van der Waals surface area contributed by atoms with Crippen molar-refractivity contribution in [2.24, 2.45) is 5.73 Å². The molecule has 8 nitrogen and oxygen atoms in total. The molecule has 0 aliphatic carbocycles. The van der Waals surface area contributed by atoms with Crippen molar-refractivity contribution in [1.82, 2.24) is 10.2 Å². The van der Waals surface area contributed by atoms with Gasteiger partial charge >= 0.3 is 0 Å². The maximum atomic E-state index is 13.4. The van der Waals surface area contributed by atoms with E-state index >= 15 is 0 Å². The van der Waals surface area contributed by atoms with Crippen LogP contribution < -0.4 is 25.8 Å². The van der Waals surface area contributed by atoms with Gasteiger partial charge in [0.15, 0.2) is 11.5 Å². The summed E-state index contributed by atoms with van der Waals surface area (Å²) in [7, 11) is 3.17. The Morgan fingerprint density at radius 3 is 2.42 bits per heavy atom. The summed E-state index contributed by atoms with van der Waals surface area (Å²) >= 11 is 0. The Morgan fingerprint density at radius 2 is 1.78 bits per heavy atom. The van der Waals surface area contributed by atoms with Gasteiger partial charge in [0.2, 0.25) is 5.91 Å². The molecule has 36 heavy (non-hydrogen) atoms. The van der Waals surface area contributed by atoms with Gasteiger partial charge in [0.05, 0.1) is 20.3 Å². The van der Waals surface area contributed by atoms with Crippen molar-refractivity contribution in [3.63, 3.8) is 0 Å². The van der Waals surface area contributed by atoms with E-state index in [1.807, 2.05) is 43.3 Å². The van der Waals surface area contributed by atoms with E-state index in [4.69, 9.17) is 15.2 Å². The zero-order valence-electron chi connectivity index (χ0n) is 22.4. The lowest BCUT2D eigenvalue weighted by molar-refractivity contribution is -0.118. The molecule has 1 atom stereocenters. The molecule has 0 heterocycles. The number of nitrogens with two attached hydrogens (primary N) is 1. The predicted molar refractivity (Wildman–Crippen MR) is 145 cm³/mol. The largest absolute Gasteiger partial charge is 0.493 e. The number of hydrogen-bond donors (Lipinski definition) is 3. The lowest BCUT2D eigenvalue weighted by Gasteiger charge is -2.21. The molecule has 198 valence electrons. The van der Waals surface area contributed by atoms with E-state index in [9.17, 15) is 9.59 Å². The van der Waals surface area contributed by atoms with Gasteiger partial charge in [-0.05, 0) is 68.2 Å². The van der Waals surface area contributed by atoms with Crippen LogP contribution in [0.5, 0.6) is 11.5 Å². The number of carbonyl (C=O) groups is 2. The molecule has 0 saturated carbocycles. The van der Waals surface area contributed by atoms with E-state index < -0.39 is 5.91 Å². The molecule has 0 spiro atoms. The number of methoxy groups -OCH3 is 2. The molecular formula is C28H42N4O4. The third kappa shape index (κ3) is 8.75. The van der Waals surface area contributed by atoms with Gasteiger partial charge in [-0.3, -0.25) is 9.59 Å². The molecule has 4 N–H and O–H groups in total. The molecule has 2 aromatic carbocycles. The molecule has 2 aromatic rings. The molecule has 1 unspecified atom stereocenters. The third-order valence-corrected chi connectivity index (χ3v) is 6.28. The summed E-state index contributed by atoms with van der Waals surface area (Å²) in [5.74, 6) is 0.626. The van der Waals surface area contributed by atoms with E-state index in [1.165, 1.54) is 12.8 Å². The Hall–Kier alpha value is -3.26. The van der Waals surface area contributed by atoms with Gasteiger partial charge in [-0.2, -0.15) is 0 Å². The molecule has 0 aliphatic rings. The molecule has 0 fully saturated rings. The van der Waals surface area contributed by atoms with Crippen LogP contribution in [0.2, 0.25) is 0 Å². The minimum atomic E-state index is -0.394. The van der Waals surface area contributed by atoms with E-state index in [0.717, 1.165) is 43.0 Å². The molecule has 0 radical (unpaired) electrons. The smallest absolute Gasteiger partial charge is 0.252 e. The molecular weight excluding hydrogens is 456 g/mol. The highest BCUT2D eigenvalue weighted by atomic mass is 16.5. The zero-order chi connectivity index (χ0) is 26.5. The van der Waals surface area contributed by atoms with Crippen molar-refractivity contribution in [2.75, 3.05) is 45.7 Å². The zero-order valence-corrected chi connectivity index (χ0v) is 22.4. The highest BCUT2D eigenvalue weighted by Crippen LogP contribution is 2.30. The minimum absolute atomic E-state index is 0.182. The fourth-order valence-electron chi connectivity index (χ4n) is 4.02. The molecule has 0 saturated heterocycles. The first kappa shape index (κ1) is 29.0. The summed E-state index contributed by atoms with van der Waals surface area (Å²) in [6, 6.07) is 11.0. The summed E-state index contributed by atoms with van der Waals surface area (Å²) in [6.45, 7) is 10.1. The van der Waals surface area contributed by atoms with Gasteiger partial charge in [0.25, 0.3) is 5.91 Å². The van der Waals surface area contributed by atoms with Crippen LogP contribution in [0.25, 0.3) is 0 Å². The van der Waals surface area contributed by atoms with E-state index in [-0.39, 0.29) is 18.4 Å². The second kappa shape index (κ2) is 15.0. The van der Waals surface area contributed by atoms with Crippen LogP contribution in [0.3, 0.4) is 0 Å². The first-order valence-electron chi connectivity index (χ1n) is 12.7. The van der Waals surface area contributed by atoms with Crippen molar-refractivity contribution in [3.8, 4) is 11.5 Å². The van der Waals surface area contributed by atoms with Gasteiger partial charge in [0.1, 0.15) is 0 Å². The van der Waals surface area contributed by atoms with Gasteiger partial charge in [-0.25, -0.2) is 0 Å². The van der Waals surface area contributed by atoms with Crippen molar-refractivity contribution in [3.05, 3.63) is 53.1 Å². The molecule has 0 bridgehead atoms. The Kier molecular flexibility index (Phi) is 12.1. The number of aryl methyl sites for hydroxylation is 1. The number of amides is 2. The number of benzene rings is 2. The number of rotatable bonds is 16. The molecule has 2 rings (SSSR count).